The number of nitrogens with one attached hydrogen (secondary N) is 3. The lowest BCUT2D eigenvalue weighted by Crippen LogP contribution is -2.30. The van der Waals surface area contributed by atoms with Gasteiger partial charge in [0.25, 0.3) is 0 Å². The van der Waals surface area contributed by atoms with Gasteiger partial charge in [-0.1, -0.05) is 0 Å². The van der Waals surface area contributed by atoms with Crippen LogP contribution in [-0.4, -0.2) is 41.4 Å². The van der Waals surface area contributed by atoms with Crippen LogP contribution < -0.4 is 20.4 Å². The third-order valence-corrected chi connectivity index (χ3v) is 2.52. The van der Waals surface area contributed by atoms with E-state index >= 15 is 0 Å². The summed E-state index contributed by atoms with van der Waals surface area (Å²) in [4.78, 5) is 20.3. The summed E-state index contributed by atoms with van der Waals surface area (Å²) in [6.45, 7) is 0. The molecule has 0 radical (unpaired) electrons. The number of ether oxygens (including phenoxy) is 2. The number of nitro groups is 2. The third-order valence-electron chi connectivity index (χ3n) is 2.52. The van der Waals surface area contributed by atoms with E-state index in [0.717, 1.165) is 12.3 Å². The van der Waals surface area contributed by atoms with Crippen LogP contribution in [0.3, 0.4) is 0 Å². The molecule has 23 heavy (non-hydrogen) atoms. The fraction of sp³-hybridized carbons (Fsp3) is 0.200. The number of nitrogens with zero attached hydrogens (tertiary/aromatic N) is 3. The van der Waals surface area contributed by atoms with E-state index in [2.05, 4.69) is 5.10 Å². The predicted molar refractivity (Wildman–Crippen MR) is 76.2 cm³/mol. The summed E-state index contributed by atoms with van der Waals surface area (Å²) in [5, 5.41) is 41.2. The molecule has 0 aliphatic rings. The SMILES string of the molecule is COc1cc([N+](=O)[O-])c([N+](=O)[O-])c(/C=N/NC(=N)NO)c1OC. The minimum Gasteiger partial charge on any atom is -0.493 e. The van der Waals surface area contributed by atoms with Gasteiger partial charge in [-0.2, -0.15) is 5.10 Å². The molecule has 1 aromatic carbocycles. The minimum absolute atomic E-state index is 0.110. The number of hydrazone groups is 1. The van der Waals surface area contributed by atoms with Crippen LogP contribution in [0.4, 0.5) is 11.4 Å². The monoisotopic (exact) mass is 328 g/mol. The zero-order valence-electron chi connectivity index (χ0n) is 11.9. The van der Waals surface area contributed by atoms with Crippen LogP contribution in [0.5, 0.6) is 11.5 Å². The van der Waals surface area contributed by atoms with Crippen molar-refractivity contribution in [2.75, 3.05) is 14.2 Å². The standard InChI is InChI=1S/C10H12N6O7/c1-22-7-3-6(15(18)19)8(16(20)21)5(9(7)23-2)4-12-13-10(11)14-17/h3-4,17H,1-2H3,(H3,11,13,14)/b12-4+. The van der Waals surface area contributed by atoms with Gasteiger partial charge in [0.2, 0.25) is 5.96 Å². The summed E-state index contributed by atoms with van der Waals surface area (Å²) >= 11 is 0. The van der Waals surface area contributed by atoms with Gasteiger partial charge >= 0.3 is 11.4 Å². The van der Waals surface area contributed by atoms with E-state index in [0.29, 0.717) is 0 Å². The maximum Gasteiger partial charge on any atom is 0.358 e. The molecule has 0 amide bonds. The molecular formula is C10H12N6O7. The summed E-state index contributed by atoms with van der Waals surface area (Å²) in [7, 11) is 2.40. The number of hydrogen-bond donors (Lipinski definition) is 4. The average molecular weight is 328 g/mol. The molecule has 0 saturated carbocycles. The molecule has 1 aromatic rings. The number of hydroxylamine groups is 1. The summed E-state index contributed by atoms with van der Waals surface area (Å²) in [6.07, 6.45) is 0.832. The Kier molecular flexibility index (Phi) is 5.73. The smallest absolute Gasteiger partial charge is 0.358 e. The van der Waals surface area contributed by atoms with Gasteiger partial charge in [-0.25, -0.2) is 10.9 Å². The Labute approximate surface area is 128 Å². The molecule has 1 rings (SSSR count). The largest absolute Gasteiger partial charge is 0.493 e. The molecule has 0 bridgehead atoms. The lowest BCUT2D eigenvalue weighted by Gasteiger charge is -2.10. The highest BCUT2D eigenvalue weighted by Gasteiger charge is 2.34. The van der Waals surface area contributed by atoms with E-state index in [1.54, 1.807) is 0 Å². The first kappa shape index (κ1) is 17.6. The van der Waals surface area contributed by atoms with Gasteiger partial charge in [0.1, 0.15) is 5.56 Å². The highest BCUT2D eigenvalue weighted by molar-refractivity contribution is 5.94. The molecule has 13 nitrogen and oxygen atoms in total. The molecule has 0 fully saturated rings. The van der Waals surface area contributed by atoms with Gasteiger partial charge in [0.15, 0.2) is 11.5 Å². The molecule has 124 valence electrons. The molecule has 0 spiro atoms. The van der Waals surface area contributed by atoms with Crippen LogP contribution in [0.25, 0.3) is 0 Å². The fourth-order valence-electron chi connectivity index (χ4n) is 1.64. The molecule has 0 unspecified atom stereocenters. The predicted octanol–water partition coefficient (Wildman–Crippen LogP) is 0.357. The molecule has 0 aliphatic carbocycles. The average Bonchev–Trinajstić information content (AvgIpc) is 2.52. The summed E-state index contributed by atoms with van der Waals surface area (Å²) < 4.78 is 9.91. The first-order valence-electron chi connectivity index (χ1n) is 5.72. The molecular weight excluding hydrogens is 316 g/mol. The maximum absolute atomic E-state index is 11.2. The Balaban J connectivity index is 3.60. The maximum atomic E-state index is 11.2. The van der Waals surface area contributed by atoms with Gasteiger partial charge in [-0.3, -0.25) is 30.8 Å². The van der Waals surface area contributed by atoms with Gasteiger partial charge in [0, 0.05) is 0 Å². The van der Waals surface area contributed by atoms with Gasteiger partial charge in [-0.05, 0) is 0 Å². The Morgan fingerprint density at radius 1 is 1.35 bits per heavy atom. The number of hydrogen-bond acceptors (Lipinski definition) is 9. The van der Waals surface area contributed by atoms with Crippen molar-refractivity contribution in [2.45, 2.75) is 0 Å². The normalized spacial score (nSPS) is 10.2. The van der Waals surface area contributed by atoms with Crippen molar-refractivity contribution in [2.24, 2.45) is 5.10 Å². The van der Waals surface area contributed by atoms with E-state index in [1.165, 1.54) is 19.7 Å². The number of benzene rings is 1. The fourth-order valence-corrected chi connectivity index (χ4v) is 1.64. The second kappa shape index (κ2) is 7.51. The van der Waals surface area contributed by atoms with Crippen molar-refractivity contribution < 1.29 is 24.5 Å². The lowest BCUT2D eigenvalue weighted by atomic mass is 10.1. The summed E-state index contributed by atoms with van der Waals surface area (Å²) in [6, 6.07) is 0.860. The van der Waals surface area contributed by atoms with E-state index in [1.807, 2.05) is 5.43 Å². The minimum atomic E-state index is -0.961. The lowest BCUT2D eigenvalue weighted by molar-refractivity contribution is -0.422. The van der Waals surface area contributed by atoms with E-state index in [-0.39, 0.29) is 17.1 Å². The van der Waals surface area contributed by atoms with Crippen LogP contribution in [0.15, 0.2) is 11.2 Å². The summed E-state index contributed by atoms with van der Waals surface area (Å²) in [5.41, 5.74) is 1.40. The quantitative estimate of drug-likeness (QED) is 0.247. The van der Waals surface area contributed by atoms with Gasteiger partial charge in [0.05, 0.1) is 36.3 Å². The number of methoxy groups -OCH3 is 2. The van der Waals surface area contributed by atoms with Crippen molar-refractivity contribution in [3.63, 3.8) is 0 Å². The Morgan fingerprint density at radius 2 is 2.00 bits per heavy atom. The van der Waals surface area contributed by atoms with E-state index < -0.39 is 27.2 Å². The number of nitro benzene ring substituents is 2. The van der Waals surface area contributed by atoms with Gasteiger partial charge in [-0.15, -0.1) is 0 Å². The third kappa shape index (κ3) is 3.79. The molecule has 4 N–H and O–H groups in total. The Morgan fingerprint density at radius 3 is 2.43 bits per heavy atom. The first-order chi connectivity index (χ1) is 10.9. The highest BCUT2D eigenvalue weighted by atomic mass is 16.6. The van der Waals surface area contributed by atoms with Crippen LogP contribution >= 0.6 is 0 Å². The second-order valence-corrected chi connectivity index (χ2v) is 3.76. The van der Waals surface area contributed by atoms with Crippen molar-refractivity contribution in [3.05, 3.63) is 31.9 Å². The van der Waals surface area contributed by atoms with Crippen LogP contribution in [0, 0.1) is 25.6 Å². The Bertz CT molecular complexity index is 674. The topological polar surface area (TPSA) is 185 Å². The van der Waals surface area contributed by atoms with Crippen molar-refractivity contribution in [1.29, 1.82) is 5.41 Å². The molecule has 0 heterocycles. The molecule has 0 aromatic heterocycles. The second-order valence-electron chi connectivity index (χ2n) is 3.76. The first-order valence-corrected chi connectivity index (χ1v) is 5.72. The van der Waals surface area contributed by atoms with Crippen LogP contribution in [0.1, 0.15) is 5.56 Å². The van der Waals surface area contributed by atoms with Crippen molar-refractivity contribution in [3.8, 4) is 11.5 Å². The zero-order valence-corrected chi connectivity index (χ0v) is 11.9. The number of rotatable bonds is 6. The molecule has 13 heteroatoms. The van der Waals surface area contributed by atoms with Crippen molar-refractivity contribution >= 4 is 23.5 Å². The van der Waals surface area contributed by atoms with E-state index in [4.69, 9.17) is 20.1 Å². The van der Waals surface area contributed by atoms with Gasteiger partial charge < -0.3 is 9.47 Å². The molecule has 0 saturated heterocycles. The van der Waals surface area contributed by atoms with Crippen LogP contribution in [0.2, 0.25) is 0 Å². The molecule has 0 atom stereocenters. The molecule has 0 aliphatic heterocycles. The highest BCUT2D eigenvalue weighted by Crippen LogP contribution is 2.42. The van der Waals surface area contributed by atoms with Crippen LogP contribution in [-0.2, 0) is 0 Å². The van der Waals surface area contributed by atoms with Crippen molar-refractivity contribution in [1.82, 2.24) is 10.9 Å². The zero-order chi connectivity index (χ0) is 17.6. The van der Waals surface area contributed by atoms with E-state index in [9.17, 15) is 20.2 Å². The summed E-state index contributed by atoms with van der Waals surface area (Å²) in [5.74, 6) is -0.888. The Hall–Kier alpha value is -3.48. The number of guanidine groups is 1.